The molecule has 2 unspecified atom stereocenters. The Morgan fingerprint density at radius 2 is 2.26 bits per heavy atom. The molecule has 5 atom stereocenters. The number of phosphoric acid groups is 1. The summed E-state index contributed by atoms with van der Waals surface area (Å²) in [5.41, 5.74) is -1.37. The Hall–Kier alpha value is -1.06. The lowest BCUT2D eigenvalue weighted by Crippen LogP contribution is -2.45. The molecule has 0 aliphatic carbocycles. The second-order valence-corrected chi connectivity index (χ2v) is 6.92. The van der Waals surface area contributed by atoms with Gasteiger partial charge in [-0.25, -0.2) is 4.57 Å². The topological polar surface area (TPSA) is 105 Å². The van der Waals surface area contributed by atoms with Gasteiger partial charge >= 0.3 is 7.82 Å². The number of fused-ring (bicyclic) bond motifs is 2. The van der Waals surface area contributed by atoms with Crippen molar-refractivity contribution in [1.29, 1.82) is 0 Å². The quantitative estimate of drug-likeness (QED) is 0.732. The molecule has 3 rings (SSSR count). The summed E-state index contributed by atoms with van der Waals surface area (Å²) in [5.74, 6) is 0. The van der Waals surface area contributed by atoms with E-state index >= 15 is 0 Å². The van der Waals surface area contributed by atoms with Gasteiger partial charge in [0.2, 0.25) is 0 Å². The third kappa shape index (κ3) is 2.89. The molecule has 128 valence electrons. The largest absolute Gasteiger partial charge is 0.472 e. The number of aromatic nitrogens is 1. The van der Waals surface area contributed by atoms with E-state index in [1.807, 2.05) is 0 Å². The van der Waals surface area contributed by atoms with Crippen LogP contribution in [0.15, 0.2) is 29.2 Å². The van der Waals surface area contributed by atoms with Crippen LogP contribution in [-0.2, 0) is 27.8 Å². The highest BCUT2D eigenvalue weighted by atomic mass is 31.2. The summed E-state index contributed by atoms with van der Waals surface area (Å²) in [6, 6.07) is 4.68. The van der Waals surface area contributed by atoms with Gasteiger partial charge in [0.15, 0.2) is 6.23 Å². The lowest BCUT2D eigenvalue weighted by Gasteiger charge is -2.31. The lowest BCUT2D eigenvalue weighted by molar-refractivity contribution is -0.190. The van der Waals surface area contributed by atoms with E-state index in [-0.39, 0.29) is 18.8 Å². The van der Waals surface area contributed by atoms with Crippen LogP contribution in [0.2, 0.25) is 0 Å². The molecule has 0 saturated carbocycles. The van der Waals surface area contributed by atoms with Gasteiger partial charge in [-0.1, -0.05) is 6.07 Å². The zero-order valence-electron chi connectivity index (χ0n) is 12.7. The monoisotopic (exact) mass is 347 g/mol. The molecule has 0 amide bonds. The third-order valence-corrected chi connectivity index (χ3v) is 4.92. The summed E-state index contributed by atoms with van der Waals surface area (Å²) >= 11 is 0. The number of pyridine rings is 1. The fourth-order valence-electron chi connectivity index (χ4n) is 2.96. The van der Waals surface area contributed by atoms with Gasteiger partial charge in [0, 0.05) is 26.5 Å². The number of hydrogen-bond donors (Lipinski definition) is 1. The molecule has 2 fully saturated rings. The number of rotatable bonds is 6. The minimum atomic E-state index is -4.26. The average molecular weight is 347 g/mol. The number of methoxy groups -OCH3 is 1. The highest BCUT2D eigenvalue weighted by molar-refractivity contribution is 7.47. The number of ether oxygens (including phenoxy) is 3. The molecule has 2 bridgehead atoms. The Bertz CT molecular complexity index is 678. The lowest BCUT2D eigenvalue weighted by atomic mass is 10.0. The van der Waals surface area contributed by atoms with E-state index in [1.54, 1.807) is 18.3 Å². The van der Waals surface area contributed by atoms with Gasteiger partial charge in [0.05, 0.1) is 13.2 Å². The van der Waals surface area contributed by atoms with Crippen LogP contribution in [0.25, 0.3) is 0 Å². The second kappa shape index (κ2) is 6.10. The van der Waals surface area contributed by atoms with Crippen molar-refractivity contribution >= 4 is 7.82 Å². The van der Waals surface area contributed by atoms with E-state index in [1.165, 1.54) is 17.7 Å². The molecule has 9 nitrogen and oxygen atoms in total. The molecule has 3 heterocycles. The van der Waals surface area contributed by atoms with Crippen LogP contribution in [0.3, 0.4) is 0 Å². The van der Waals surface area contributed by atoms with E-state index in [9.17, 15) is 14.3 Å². The first kappa shape index (κ1) is 16.8. The highest BCUT2D eigenvalue weighted by Crippen LogP contribution is 2.54. The third-order valence-electron chi connectivity index (χ3n) is 3.96. The molecule has 10 heteroatoms. The minimum Gasteiger partial charge on any atom is -0.381 e. The predicted octanol–water partition coefficient (Wildman–Crippen LogP) is 0.293. The molecule has 2 aliphatic rings. The van der Waals surface area contributed by atoms with Crippen LogP contribution in [0.1, 0.15) is 6.23 Å². The van der Waals surface area contributed by atoms with Crippen LogP contribution in [-0.4, -0.2) is 54.7 Å². The van der Waals surface area contributed by atoms with E-state index in [4.69, 9.17) is 18.7 Å². The van der Waals surface area contributed by atoms with Gasteiger partial charge in [0.25, 0.3) is 5.56 Å². The summed E-state index contributed by atoms with van der Waals surface area (Å²) in [6.45, 7) is 0.202. The molecule has 2 saturated heterocycles. The van der Waals surface area contributed by atoms with Gasteiger partial charge in [-0.05, 0) is 6.07 Å². The van der Waals surface area contributed by atoms with Crippen LogP contribution >= 0.6 is 7.82 Å². The Labute approximate surface area is 132 Å². The highest BCUT2D eigenvalue weighted by Gasteiger charge is 2.64. The van der Waals surface area contributed by atoms with E-state index in [0.717, 1.165) is 7.11 Å². The summed E-state index contributed by atoms with van der Waals surface area (Å²) in [4.78, 5) is 21.7. The molecule has 1 N–H and O–H groups in total. The molecular weight excluding hydrogens is 329 g/mol. The van der Waals surface area contributed by atoms with Gasteiger partial charge in [-0.3, -0.25) is 18.4 Å². The van der Waals surface area contributed by atoms with Crippen molar-refractivity contribution in [3.05, 3.63) is 34.7 Å². The maximum Gasteiger partial charge on any atom is 0.472 e. The molecule has 1 aromatic rings. The molecular formula is C13H18NO8P. The molecule has 1 aromatic heterocycles. The van der Waals surface area contributed by atoms with Crippen molar-refractivity contribution in [2.75, 3.05) is 27.4 Å². The zero-order chi connectivity index (χ0) is 16.7. The fraction of sp³-hybridized carbons (Fsp3) is 0.615. The van der Waals surface area contributed by atoms with Crippen molar-refractivity contribution in [3.63, 3.8) is 0 Å². The molecule has 23 heavy (non-hydrogen) atoms. The summed E-state index contributed by atoms with van der Waals surface area (Å²) in [5, 5.41) is 0. The maximum atomic E-state index is 12.0. The normalized spacial score (nSPS) is 35.3. The van der Waals surface area contributed by atoms with Crippen molar-refractivity contribution in [2.24, 2.45) is 0 Å². The number of nitrogens with zero attached hydrogens (tertiary/aromatic N) is 1. The maximum absolute atomic E-state index is 12.0. The van der Waals surface area contributed by atoms with E-state index < -0.39 is 31.9 Å². The smallest absolute Gasteiger partial charge is 0.381 e. The van der Waals surface area contributed by atoms with E-state index in [0.29, 0.717) is 0 Å². The van der Waals surface area contributed by atoms with Gasteiger partial charge < -0.3 is 19.1 Å². The van der Waals surface area contributed by atoms with Crippen molar-refractivity contribution in [3.8, 4) is 0 Å². The van der Waals surface area contributed by atoms with Crippen LogP contribution in [0, 0.1) is 0 Å². The van der Waals surface area contributed by atoms with Crippen LogP contribution in [0.4, 0.5) is 0 Å². The zero-order valence-corrected chi connectivity index (χ0v) is 13.5. The Morgan fingerprint density at radius 3 is 2.91 bits per heavy atom. The summed E-state index contributed by atoms with van der Waals surface area (Å²) < 4.78 is 39.6. The minimum absolute atomic E-state index is 0.0793. The summed E-state index contributed by atoms with van der Waals surface area (Å²) in [7, 11) is -1.71. The first-order valence-electron chi connectivity index (χ1n) is 6.95. The van der Waals surface area contributed by atoms with Crippen LogP contribution < -0.4 is 5.56 Å². The Balaban J connectivity index is 1.95. The second-order valence-electron chi connectivity index (χ2n) is 5.41. The number of phosphoric ester groups is 1. The molecule has 2 aliphatic heterocycles. The van der Waals surface area contributed by atoms with Crippen molar-refractivity contribution < 1.29 is 32.7 Å². The molecule has 0 spiro atoms. The number of hydrogen-bond acceptors (Lipinski definition) is 7. The Morgan fingerprint density at radius 1 is 1.48 bits per heavy atom. The SMILES string of the molecule is COC[C@@]12CO[C@@H](C(n3ccccc3=O)O1)[C@@H]2OP(=O)(O)OC. The van der Waals surface area contributed by atoms with E-state index in [2.05, 4.69) is 4.52 Å². The van der Waals surface area contributed by atoms with Gasteiger partial charge in [-0.2, -0.15) is 0 Å². The van der Waals surface area contributed by atoms with Gasteiger partial charge in [0.1, 0.15) is 17.8 Å². The van der Waals surface area contributed by atoms with Crippen molar-refractivity contribution in [1.82, 2.24) is 4.57 Å². The standard InChI is InChI=1S/C13H18NO8P/c1-18-7-13-8-20-10(11(13)22-23(16,17)19-2)12(21-13)14-6-4-3-5-9(14)15/h3-6,10-12H,7-8H2,1-2H3,(H,16,17)/t10-,11+,12?,13+/m1/s1. The first-order chi connectivity index (χ1) is 10.9. The Kier molecular flexibility index (Phi) is 4.45. The predicted molar refractivity (Wildman–Crippen MR) is 76.9 cm³/mol. The molecule has 0 radical (unpaired) electrons. The van der Waals surface area contributed by atoms with Crippen LogP contribution in [0.5, 0.6) is 0 Å². The van der Waals surface area contributed by atoms with Gasteiger partial charge in [-0.15, -0.1) is 0 Å². The average Bonchev–Trinajstić information content (AvgIpc) is 2.99. The summed E-state index contributed by atoms with van der Waals surface area (Å²) in [6.07, 6.45) is -0.866. The fourth-order valence-corrected chi connectivity index (χ4v) is 3.64. The first-order valence-corrected chi connectivity index (χ1v) is 8.44. The van der Waals surface area contributed by atoms with Crippen molar-refractivity contribution in [2.45, 2.75) is 24.0 Å². The molecule has 0 aromatic carbocycles.